The zero-order valence-electron chi connectivity index (χ0n) is 64.5. The maximum absolute atomic E-state index is 13.1. The van der Waals surface area contributed by atoms with E-state index in [0.717, 1.165) is 141 Å². The quantitative estimate of drug-likeness (QED) is 0.0169. The molecule has 0 rings (SSSR count). The Morgan fingerprint density at radius 1 is 0.275 bits per heavy atom. The van der Waals surface area contributed by atoms with E-state index in [-0.39, 0.29) is 25.7 Å². The number of hydrogen-bond acceptors (Lipinski definition) is 15. The Morgan fingerprint density at radius 2 is 0.500 bits per heavy atom. The topological polar surface area (TPSA) is 237 Å². The van der Waals surface area contributed by atoms with Crippen molar-refractivity contribution in [3.63, 3.8) is 0 Å². The second-order valence-corrected chi connectivity index (χ2v) is 29.9. The van der Waals surface area contributed by atoms with E-state index < -0.39 is 97.5 Å². The summed E-state index contributed by atoms with van der Waals surface area (Å²) in [6.45, 7) is 4.74. The standard InChI is InChI=1S/C83H146O17P2/c1-5-9-13-17-21-25-29-33-36-37-38-39-42-46-50-54-58-62-66-70-83(88)100-79(74-94-81(86)68-64-60-56-52-48-45-41-35-31-27-23-19-15-11-7-3)76-98-102(91,92)96-72-77(84)71-95-101(89,90)97-75-78(99-82(87)69-65-61-57-53-49-43-32-28-24-20-16-12-8-4)73-93-80(85)67-63-59-55-51-47-44-40-34-30-26-22-18-14-10-6-2/h21,25-28,30-33,36,38-39,46,50,58,62,77-79,84H,5-20,22-24,29,34-35,37,40-45,47-49,51-57,59-61,63-76H2,1-4H3,(H,89,90)(H,91,92)/b25-21-,30-26-,31-27-,32-28-,36-33-,39-38-,50-46-,62-58-/t77-,78+,79+/m0/s1. The van der Waals surface area contributed by atoms with E-state index in [0.29, 0.717) is 32.1 Å². The van der Waals surface area contributed by atoms with Crippen LogP contribution in [0.4, 0.5) is 0 Å². The van der Waals surface area contributed by atoms with Crippen molar-refractivity contribution < 1.29 is 80.2 Å². The number of carbonyl (C=O) groups excluding carboxylic acids is 4. The number of allylic oxidation sites excluding steroid dienone is 16. The molecule has 0 fully saturated rings. The van der Waals surface area contributed by atoms with Gasteiger partial charge in [0.05, 0.1) is 26.4 Å². The normalized spacial score (nSPS) is 14.4. The first-order valence-electron chi connectivity index (χ1n) is 40.5. The summed E-state index contributed by atoms with van der Waals surface area (Å²) in [4.78, 5) is 73.0. The third kappa shape index (κ3) is 74.3. The largest absolute Gasteiger partial charge is 0.472 e. The van der Waals surface area contributed by atoms with Crippen molar-refractivity contribution in [2.45, 2.75) is 367 Å². The molecule has 0 bridgehead atoms. The Balaban J connectivity index is 5.42. The lowest BCUT2D eigenvalue weighted by atomic mass is 10.1. The highest BCUT2D eigenvalue weighted by atomic mass is 31.2. The van der Waals surface area contributed by atoms with Gasteiger partial charge in [-0.1, -0.05) is 279 Å². The molecule has 102 heavy (non-hydrogen) atoms. The van der Waals surface area contributed by atoms with E-state index in [9.17, 15) is 43.2 Å². The van der Waals surface area contributed by atoms with Gasteiger partial charge in [-0.25, -0.2) is 9.13 Å². The third-order valence-corrected chi connectivity index (χ3v) is 18.9. The van der Waals surface area contributed by atoms with Crippen molar-refractivity contribution in [3.8, 4) is 0 Å². The highest BCUT2D eigenvalue weighted by molar-refractivity contribution is 7.47. The fourth-order valence-corrected chi connectivity index (χ4v) is 12.4. The van der Waals surface area contributed by atoms with Crippen LogP contribution in [0.5, 0.6) is 0 Å². The summed E-state index contributed by atoms with van der Waals surface area (Å²) in [5, 5.41) is 10.6. The number of unbranched alkanes of at least 4 members (excludes halogenated alkanes) is 34. The molecule has 0 radical (unpaired) electrons. The zero-order chi connectivity index (χ0) is 74.6. The number of aliphatic hydroxyl groups excluding tert-OH is 1. The SMILES string of the molecule is CCCCC/C=C\C/C=C\C/C=C\C/C=C\C/C=C\CCC(=O)O[C@H](COC(=O)CCCCCCCCC/C=C\CCCCCC)COP(=O)(O)OC[C@@H](O)COP(=O)(O)OC[C@@H](COC(=O)CCCCCCCCC/C=C\CCCCCC)OC(=O)CCCCCCC/C=C\CCCCCC. The summed E-state index contributed by atoms with van der Waals surface area (Å²) in [6.07, 6.45) is 79.7. The number of esters is 4. The third-order valence-electron chi connectivity index (χ3n) is 17.0. The van der Waals surface area contributed by atoms with Crippen LogP contribution in [0.25, 0.3) is 0 Å². The van der Waals surface area contributed by atoms with Crippen molar-refractivity contribution in [2.75, 3.05) is 39.6 Å². The molecular formula is C83H146O17P2. The Kier molecular flexibility index (Phi) is 72.3. The molecule has 0 aromatic rings. The minimum atomic E-state index is -5.00. The smallest absolute Gasteiger partial charge is 0.462 e. The summed E-state index contributed by atoms with van der Waals surface area (Å²) < 4.78 is 68.5. The molecule has 0 aromatic carbocycles. The van der Waals surface area contributed by atoms with Crippen molar-refractivity contribution >= 4 is 39.5 Å². The van der Waals surface area contributed by atoms with Gasteiger partial charge in [-0.15, -0.1) is 0 Å². The molecule has 0 saturated carbocycles. The Morgan fingerprint density at radius 3 is 0.824 bits per heavy atom. The molecule has 590 valence electrons. The minimum absolute atomic E-state index is 0.0287. The fourth-order valence-electron chi connectivity index (χ4n) is 10.8. The lowest BCUT2D eigenvalue weighted by Crippen LogP contribution is -2.30. The molecule has 19 heteroatoms. The molecule has 17 nitrogen and oxygen atoms in total. The predicted molar refractivity (Wildman–Crippen MR) is 418 cm³/mol. The van der Waals surface area contributed by atoms with Gasteiger partial charge >= 0.3 is 39.5 Å². The van der Waals surface area contributed by atoms with Gasteiger partial charge < -0.3 is 33.8 Å². The van der Waals surface area contributed by atoms with Crippen LogP contribution in [-0.4, -0.2) is 96.7 Å². The molecule has 3 N–H and O–H groups in total. The highest BCUT2D eigenvalue weighted by Gasteiger charge is 2.30. The predicted octanol–water partition coefficient (Wildman–Crippen LogP) is 23.6. The maximum atomic E-state index is 13.1. The molecule has 0 aliphatic heterocycles. The summed E-state index contributed by atoms with van der Waals surface area (Å²) >= 11 is 0. The van der Waals surface area contributed by atoms with Gasteiger partial charge in [-0.05, 0) is 141 Å². The van der Waals surface area contributed by atoms with Crippen LogP contribution >= 0.6 is 15.6 Å². The maximum Gasteiger partial charge on any atom is 0.472 e. The first-order valence-corrected chi connectivity index (χ1v) is 43.5. The van der Waals surface area contributed by atoms with E-state index in [1.807, 2.05) is 18.2 Å². The van der Waals surface area contributed by atoms with E-state index in [1.54, 1.807) is 0 Å². The van der Waals surface area contributed by atoms with Gasteiger partial charge in [-0.2, -0.15) is 0 Å². The minimum Gasteiger partial charge on any atom is -0.462 e. The highest BCUT2D eigenvalue weighted by Crippen LogP contribution is 2.45. The van der Waals surface area contributed by atoms with Crippen LogP contribution in [0.3, 0.4) is 0 Å². The molecule has 0 aromatic heterocycles. The fraction of sp³-hybridized carbons (Fsp3) is 0.759. The van der Waals surface area contributed by atoms with Crippen LogP contribution in [0.2, 0.25) is 0 Å². The van der Waals surface area contributed by atoms with Crippen molar-refractivity contribution in [2.24, 2.45) is 0 Å². The average Bonchev–Trinajstić information content (AvgIpc) is 0.908. The molecule has 0 spiro atoms. The van der Waals surface area contributed by atoms with Gasteiger partial charge in [0.25, 0.3) is 0 Å². The second-order valence-electron chi connectivity index (χ2n) is 27.0. The summed E-state index contributed by atoms with van der Waals surface area (Å²) in [5.74, 6) is -2.27. The average molecular weight is 1480 g/mol. The molecular weight excluding hydrogens is 1330 g/mol. The van der Waals surface area contributed by atoms with Gasteiger partial charge in [0, 0.05) is 25.7 Å². The zero-order valence-corrected chi connectivity index (χ0v) is 66.3. The first-order chi connectivity index (χ1) is 49.7. The van der Waals surface area contributed by atoms with Gasteiger partial charge in [-0.3, -0.25) is 37.3 Å². The van der Waals surface area contributed by atoms with Crippen LogP contribution < -0.4 is 0 Å². The van der Waals surface area contributed by atoms with E-state index >= 15 is 0 Å². The number of phosphoric ester groups is 2. The van der Waals surface area contributed by atoms with Crippen molar-refractivity contribution in [3.05, 3.63) is 97.2 Å². The number of rotatable bonds is 76. The van der Waals surface area contributed by atoms with Crippen molar-refractivity contribution in [1.82, 2.24) is 0 Å². The Hall–Kier alpha value is -4.02. The number of hydrogen-bond donors (Lipinski definition) is 3. The van der Waals surface area contributed by atoms with Gasteiger partial charge in [0.1, 0.15) is 19.3 Å². The number of ether oxygens (including phenoxy) is 4. The number of aliphatic hydroxyl groups is 1. The molecule has 0 amide bonds. The molecule has 5 atom stereocenters. The molecule has 2 unspecified atom stereocenters. The summed E-state index contributed by atoms with van der Waals surface area (Å²) in [6, 6.07) is 0. The summed E-state index contributed by atoms with van der Waals surface area (Å²) in [7, 11) is -9.98. The van der Waals surface area contributed by atoms with E-state index in [2.05, 4.69) is 107 Å². The molecule has 0 heterocycles. The lowest BCUT2D eigenvalue weighted by Gasteiger charge is -2.21. The van der Waals surface area contributed by atoms with Crippen LogP contribution in [0, 0.1) is 0 Å². The van der Waals surface area contributed by atoms with Crippen molar-refractivity contribution in [1.29, 1.82) is 0 Å². The lowest BCUT2D eigenvalue weighted by molar-refractivity contribution is -0.161. The number of phosphoric acid groups is 2. The molecule has 0 aliphatic carbocycles. The monoisotopic (exact) mass is 1480 g/mol. The first kappa shape index (κ1) is 98.0. The molecule has 0 saturated heterocycles. The van der Waals surface area contributed by atoms with Crippen LogP contribution in [0.15, 0.2) is 97.2 Å². The van der Waals surface area contributed by atoms with Crippen LogP contribution in [-0.2, 0) is 65.4 Å². The van der Waals surface area contributed by atoms with E-state index in [4.69, 9.17) is 37.0 Å². The summed E-state index contributed by atoms with van der Waals surface area (Å²) in [5.41, 5.74) is 0. The second kappa shape index (κ2) is 75.2. The van der Waals surface area contributed by atoms with Gasteiger partial charge in [0.2, 0.25) is 0 Å². The molecule has 0 aliphatic rings. The Bertz CT molecular complexity index is 2310. The van der Waals surface area contributed by atoms with E-state index in [1.165, 1.54) is 122 Å². The number of carbonyl (C=O) groups is 4. The Labute approximate surface area is 620 Å². The van der Waals surface area contributed by atoms with Crippen LogP contribution in [0.1, 0.15) is 349 Å². The van der Waals surface area contributed by atoms with Gasteiger partial charge in [0.15, 0.2) is 12.2 Å².